The Kier molecular flexibility index (Phi) is 9.38. The van der Waals surface area contributed by atoms with Gasteiger partial charge < -0.3 is 39.6 Å². The first-order chi connectivity index (χ1) is 13.8. The van der Waals surface area contributed by atoms with E-state index in [4.69, 9.17) is 38.5 Å². The van der Waals surface area contributed by atoms with Crippen molar-refractivity contribution < 1.29 is 48.7 Å². The number of phenolic OH excluding ortho intramolecular Hbond substituents is 2. The molecule has 3 aromatic rings. The van der Waals surface area contributed by atoms with Gasteiger partial charge in [-0.25, -0.2) is 9.13 Å². The van der Waals surface area contributed by atoms with Crippen LogP contribution in [0.2, 0.25) is 0 Å². The maximum atomic E-state index is 10.5. The van der Waals surface area contributed by atoms with Crippen LogP contribution in [0.5, 0.6) is 11.5 Å². The van der Waals surface area contributed by atoms with Gasteiger partial charge >= 0.3 is 15.6 Å². The molecule has 0 aromatic heterocycles. The van der Waals surface area contributed by atoms with Crippen LogP contribution in [0.15, 0.2) is 72.8 Å². The fourth-order valence-corrected chi connectivity index (χ4v) is 2.32. The molecule has 8 N–H and O–H groups in total. The van der Waals surface area contributed by atoms with Crippen molar-refractivity contribution in [2.75, 3.05) is 0 Å². The summed E-state index contributed by atoms with van der Waals surface area (Å²) in [5.41, 5.74) is 2.89. The summed E-state index contributed by atoms with van der Waals surface area (Å²) >= 11 is 0. The van der Waals surface area contributed by atoms with Crippen LogP contribution < -0.4 is 0 Å². The summed E-state index contributed by atoms with van der Waals surface area (Å²) in [5.74, 6) is 0.177. The second-order valence-corrected chi connectivity index (χ2v) is 7.67. The van der Waals surface area contributed by atoms with Crippen molar-refractivity contribution in [1.82, 2.24) is 0 Å². The van der Waals surface area contributed by atoms with E-state index >= 15 is 0 Å². The number of hydrogen-bond acceptors (Lipinski definition) is 4. The van der Waals surface area contributed by atoms with Crippen molar-refractivity contribution in [3.05, 3.63) is 72.8 Å². The van der Waals surface area contributed by atoms with Crippen molar-refractivity contribution in [3.8, 4) is 33.8 Å². The van der Waals surface area contributed by atoms with Gasteiger partial charge in [-0.2, -0.15) is 0 Å². The highest BCUT2D eigenvalue weighted by molar-refractivity contribution is 7.45. The zero-order chi connectivity index (χ0) is 22.9. The topological polar surface area (TPSA) is 196 Å². The first-order valence-electron chi connectivity index (χ1n) is 7.99. The Morgan fingerprint density at radius 3 is 1.30 bits per heavy atom. The summed E-state index contributed by atoms with van der Waals surface area (Å²) in [6.45, 7) is 0. The van der Waals surface area contributed by atoms with E-state index in [-0.39, 0.29) is 11.5 Å². The molecule has 10 nitrogen and oxygen atoms in total. The Morgan fingerprint density at radius 1 is 0.533 bits per heavy atom. The van der Waals surface area contributed by atoms with Gasteiger partial charge in [0.1, 0.15) is 11.5 Å². The Balaban J connectivity index is 0.000000378. The molecule has 30 heavy (non-hydrogen) atoms. The van der Waals surface area contributed by atoms with Crippen LogP contribution >= 0.6 is 15.6 Å². The van der Waals surface area contributed by atoms with Crippen LogP contribution in [0, 0.1) is 0 Å². The van der Waals surface area contributed by atoms with E-state index in [0.29, 0.717) is 11.1 Å². The van der Waals surface area contributed by atoms with Gasteiger partial charge in [0.05, 0.1) is 5.56 Å². The maximum absolute atomic E-state index is 10.5. The summed E-state index contributed by atoms with van der Waals surface area (Å²) in [5, 5.41) is 20.6. The highest BCUT2D eigenvalue weighted by atomic mass is 31.2. The lowest BCUT2D eigenvalue weighted by atomic mass is 9.96. The van der Waals surface area contributed by atoms with E-state index < -0.39 is 15.6 Å². The van der Waals surface area contributed by atoms with Crippen molar-refractivity contribution in [2.45, 2.75) is 0 Å². The summed E-state index contributed by atoms with van der Waals surface area (Å²) < 4.78 is 17.8. The molecule has 12 heteroatoms. The minimum atomic E-state index is -4.64. The van der Waals surface area contributed by atoms with Crippen molar-refractivity contribution in [3.63, 3.8) is 0 Å². The van der Waals surface area contributed by atoms with Gasteiger partial charge in [0.2, 0.25) is 0 Å². The molecule has 0 aliphatic carbocycles. The predicted octanol–water partition coefficient (Wildman–Crippen LogP) is 2.57. The standard InChI is InChI=1S/C18H14O2.2H3O4P/c19-16-12-11-15(13-7-3-1-4-8-13)18(20)17(16)14-9-5-2-6-10-14;2*1-5(2,3)4/h1-12,19-20H;2*(H3,1,2,3,4). The predicted molar refractivity (Wildman–Crippen MR) is 109 cm³/mol. The van der Waals surface area contributed by atoms with Crippen molar-refractivity contribution in [2.24, 2.45) is 0 Å². The molecular weight excluding hydrogens is 438 g/mol. The number of phenols is 2. The number of benzene rings is 3. The van der Waals surface area contributed by atoms with E-state index in [9.17, 15) is 10.2 Å². The number of aromatic hydroxyl groups is 2. The minimum Gasteiger partial charge on any atom is -0.507 e. The minimum absolute atomic E-state index is 0.0772. The third-order valence-corrected chi connectivity index (χ3v) is 3.30. The molecule has 0 saturated heterocycles. The molecule has 0 atom stereocenters. The number of phosphoric acid groups is 2. The molecular formula is C18H20O10P2. The smallest absolute Gasteiger partial charge is 0.466 e. The molecule has 0 bridgehead atoms. The van der Waals surface area contributed by atoms with Crippen LogP contribution in [0.1, 0.15) is 0 Å². The molecule has 0 aliphatic heterocycles. The highest BCUT2D eigenvalue weighted by Crippen LogP contribution is 2.43. The van der Waals surface area contributed by atoms with Gasteiger partial charge in [-0.3, -0.25) is 0 Å². The Bertz CT molecular complexity index is 993. The van der Waals surface area contributed by atoms with E-state index in [1.807, 2.05) is 60.7 Å². The monoisotopic (exact) mass is 458 g/mol. The lowest BCUT2D eigenvalue weighted by Crippen LogP contribution is -1.85. The zero-order valence-electron chi connectivity index (χ0n) is 15.2. The van der Waals surface area contributed by atoms with Crippen LogP contribution in [0.25, 0.3) is 22.3 Å². The normalized spacial score (nSPS) is 10.9. The van der Waals surface area contributed by atoms with Crippen LogP contribution in [0.4, 0.5) is 0 Å². The van der Waals surface area contributed by atoms with Gasteiger partial charge in [-0.05, 0) is 23.3 Å². The maximum Gasteiger partial charge on any atom is 0.466 e. The third kappa shape index (κ3) is 10.3. The van der Waals surface area contributed by atoms with Crippen LogP contribution in [-0.4, -0.2) is 39.6 Å². The third-order valence-electron chi connectivity index (χ3n) is 3.30. The van der Waals surface area contributed by atoms with Gasteiger partial charge in [-0.1, -0.05) is 60.7 Å². The lowest BCUT2D eigenvalue weighted by Gasteiger charge is -2.12. The van der Waals surface area contributed by atoms with E-state index in [1.54, 1.807) is 12.1 Å². The van der Waals surface area contributed by atoms with Crippen LogP contribution in [0.3, 0.4) is 0 Å². The molecule has 0 heterocycles. The van der Waals surface area contributed by atoms with Crippen molar-refractivity contribution >= 4 is 15.6 Å². The quantitative estimate of drug-likeness (QED) is 0.264. The lowest BCUT2D eigenvalue weighted by molar-refractivity contribution is 0.272. The van der Waals surface area contributed by atoms with E-state index in [0.717, 1.165) is 11.1 Å². The Morgan fingerprint density at radius 2 is 0.900 bits per heavy atom. The molecule has 0 saturated carbocycles. The summed E-state index contributed by atoms with van der Waals surface area (Å²) in [6, 6.07) is 22.4. The number of hydrogen-bond donors (Lipinski definition) is 8. The SMILES string of the molecule is O=P(O)(O)O.O=P(O)(O)O.Oc1ccc(-c2ccccc2)c(O)c1-c1ccccc1. The molecule has 162 valence electrons. The average Bonchev–Trinajstić information content (AvgIpc) is 2.61. The van der Waals surface area contributed by atoms with Crippen molar-refractivity contribution in [1.29, 1.82) is 0 Å². The molecule has 0 unspecified atom stereocenters. The zero-order valence-corrected chi connectivity index (χ0v) is 17.0. The fraction of sp³-hybridized carbons (Fsp3) is 0. The molecule has 0 spiro atoms. The second-order valence-electron chi connectivity index (χ2n) is 5.61. The summed E-state index contributed by atoms with van der Waals surface area (Å²) in [6.07, 6.45) is 0. The highest BCUT2D eigenvalue weighted by Gasteiger charge is 2.14. The number of rotatable bonds is 2. The second kappa shape index (κ2) is 11.0. The van der Waals surface area contributed by atoms with E-state index in [1.165, 1.54) is 0 Å². The molecule has 0 fully saturated rings. The van der Waals surface area contributed by atoms with Gasteiger partial charge in [0.15, 0.2) is 0 Å². The first-order valence-corrected chi connectivity index (χ1v) is 11.1. The van der Waals surface area contributed by atoms with Gasteiger partial charge in [0.25, 0.3) is 0 Å². The summed E-state index contributed by atoms with van der Waals surface area (Å²) in [4.78, 5) is 43.1. The molecule has 0 aliphatic rings. The molecule has 3 aromatic carbocycles. The average molecular weight is 458 g/mol. The Labute approximate surface area is 171 Å². The van der Waals surface area contributed by atoms with Gasteiger partial charge in [-0.15, -0.1) is 0 Å². The molecule has 0 radical (unpaired) electrons. The molecule has 3 rings (SSSR count). The van der Waals surface area contributed by atoms with Gasteiger partial charge in [0, 0.05) is 5.56 Å². The largest absolute Gasteiger partial charge is 0.507 e. The Hall–Kier alpha value is -2.52. The van der Waals surface area contributed by atoms with E-state index in [2.05, 4.69) is 0 Å². The summed E-state index contributed by atoms with van der Waals surface area (Å²) in [7, 11) is -9.28. The molecule has 0 amide bonds. The fourth-order valence-electron chi connectivity index (χ4n) is 2.32. The first kappa shape index (κ1) is 25.5. The van der Waals surface area contributed by atoms with Crippen LogP contribution in [-0.2, 0) is 9.13 Å².